The quantitative estimate of drug-likeness (QED) is 0.673. The van der Waals surface area contributed by atoms with Gasteiger partial charge in [-0.25, -0.2) is 0 Å². The SMILES string of the molecule is Cc1ccc(-c2cc(C(=O)Nc3cnn(C)c3C(N)=O)[nH]n2)cc1. The van der Waals surface area contributed by atoms with Gasteiger partial charge in [0.05, 0.1) is 17.6 Å². The van der Waals surface area contributed by atoms with Gasteiger partial charge in [0.25, 0.3) is 11.8 Å². The van der Waals surface area contributed by atoms with Crippen LogP contribution in [0, 0.1) is 6.92 Å². The van der Waals surface area contributed by atoms with Crippen molar-refractivity contribution in [3.63, 3.8) is 0 Å². The molecule has 0 aliphatic rings. The molecule has 2 heterocycles. The van der Waals surface area contributed by atoms with Crippen LogP contribution in [0.3, 0.4) is 0 Å². The minimum atomic E-state index is -0.671. The van der Waals surface area contributed by atoms with Crippen molar-refractivity contribution in [3.8, 4) is 11.3 Å². The van der Waals surface area contributed by atoms with Crippen LogP contribution in [-0.4, -0.2) is 31.8 Å². The summed E-state index contributed by atoms with van der Waals surface area (Å²) < 4.78 is 1.31. The summed E-state index contributed by atoms with van der Waals surface area (Å²) in [5, 5.41) is 13.4. The van der Waals surface area contributed by atoms with Crippen LogP contribution in [0.5, 0.6) is 0 Å². The van der Waals surface area contributed by atoms with Gasteiger partial charge in [0, 0.05) is 12.6 Å². The third kappa shape index (κ3) is 2.89. The van der Waals surface area contributed by atoms with Gasteiger partial charge >= 0.3 is 0 Å². The molecule has 2 aromatic heterocycles. The molecule has 0 spiro atoms. The average Bonchev–Trinajstić information content (AvgIpc) is 3.15. The lowest BCUT2D eigenvalue weighted by Crippen LogP contribution is -2.20. The highest BCUT2D eigenvalue weighted by molar-refractivity contribution is 6.07. The van der Waals surface area contributed by atoms with Crippen LogP contribution in [0.2, 0.25) is 0 Å². The molecule has 0 fully saturated rings. The Kier molecular flexibility index (Phi) is 3.87. The van der Waals surface area contributed by atoms with Crippen LogP contribution < -0.4 is 11.1 Å². The van der Waals surface area contributed by atoms with E-state index in [9.17, 15) is 9.59 Å². The minimum Gasteiger partial charge on any atom is -0.364 e. The number of aryl methyl sites for hydroxylation is 2. The first-order valence-electron chi connectivity index (χ1n) is 7.21. The first-order valence-corrected chi connectivity index (χ1v) is 7.21. The first-order chi connectivity index (χ1) is 11.5. The summed E-state index contributed by atoms with van der Waals surface area (Å²) in [7, 11) is 1.57. The molecule has 4 N–H and O–H groups in total. The van der Waals surface area contributed by atoms with Gasteiger partial charge in [-0.3, -0.25) is 19.4 Å². The number of benzene rings is 1. The van der Waals surface area contributed by atoms with E-state index in [2.05, 4.69) is 20.6 Å². The molecule has 0 aliphatic heterocycles. The Labute approximate surface area is 137 Å². The third-order valence-electron chi connectivity index (χ3n) is 3.59. The van der Waals surface area contributed by atoms with E-state index in [0.717, 1.165) is 11.1 Å². The lowest BCUT2D eigenvalue weighted by atomic mass is 10.1. The van der Waals surface area contributed by atoms with Gasteiger partial charge in [-0.15, -0.1) is 0 Å². The lowest BCUT2D eigenvalue weighted by molar-refractivity contribution is 0.0992. The highest BCUT2D eigenvalue weighted by Crippen LogP contribution is 2.19. The fraction of sp³-hybridized carbons (Fsp3) is 0.125. The molecule has 1 aromatic carbocycles. The number of amides is 2. The van der Waals surface area contributed by atoms with Gasteiger partial charge < -0.3 is 11.1 Å². The van der Waals surface area contributed by atoms with Crippen LogP contribution in [0.4, 0.5) is 5.69 Å². The molecule has 3 aromatic rings. The molecule has 0 saturated carbocycles. The normalized spacial score (nSPS) is 10.6. The highest BCUT2D eigenvalue weighted by atomic mass is 16.2. The average molecular weight is 324 g/mol. The van der Waals surface area contributed by atoms with Gasteiger partial charge in [0.15, 0.2) is 0 Å². The van der Waals surface area contributed by atoms with Gasteiger partial charge in [-0.1, -0.05) is 29.8 Å². The van der Waals surface area contributed by atoms with Crippen LogP contribution >= 0.6 is 0 Å². The number of nitrogens with zero attached hydrogens (tertiary/aromatic N) is 3. The van der Waals surface area contributed by atoms with Crippen molar-refractivity contribution in [2.24, 2.45) is 12.8 Å². The first kappa shape index (κ1) is 15.5. The number of carbonyl (C=O) groups is 2. The molecule has 3 rings (SSSR count). The van der Waals surface area contributed by atoms with Crippen molar-refractivity contribution < 1.29 is 9.59 Å². The number of primary amides is 1. The van der Waals surface area contributed by atoms with E-state index in [0.29, 0.717) is 5.69 Å². The van der Waals surface area contributed by atoms with Crippen molar-refractivity contribution in [3.05, 3.63) is 53.5 Å². The summed E-state index contributed by atoms with van der Waals surface area (Å²) in [4.78, 5) is 23.8. The summed E-state index contributed by atoms with van der Waals surface area (Å²) in [5.41, 5.74) is 8.64. The molecule has 0 radical (unpaired) electrons. The maximum Gasteiger partial charge on any atom is 0.273 e. The maximum absolute atomic E-state index is 12.3. The Morgan fingerprint density at radius 3 is 2.62 bits per heavy atom. The van der Waals surface area contributed by atoms with E-state index in [1.165, 1.54) is 10.9 Å². The largest absolute Gasteiger partial charge is 0.364 e. The fourth-order valence-electron chi connectivity index (χ4n) is 2.32. The molecule has 0 saturated heterocycles. The summed E-state index contributed by atoms with van der Waals surface area (Å²) >= 11 is 0. The van der Waals surface area contributed by atoms with E-state index in [4.69, 9.17) is 5.73 Å². The van der Waals surface area contributed by atoms with E-state index in [1.807, 2.05) is 31.2 Å². The Balaban J connectivity index is 1.82. The van der Waals surface area contributed by atoms with E-state index >= 15 is 0 Å². The Hall–Kier alpha value is -3.42. The number of nitrogens with two attached hydrogens (primary N) is 1. The molecule has 24 heavy (non-hydrogen) atoms. The van der Waals surface area contributed by atoms with E-state index < -0.39 is 11.8 Å². The number of anilines is 1. The predicted molar refractivity (Wildman–Crippen MR) is 88.4 cm³/mol. The summed E-state index contributed by atoms with van der Waals surface area (Å²) in [6.45, 7) is 2.00. The zero-order chi connectivity index (χ0) is 17.3. The number of aromatic nitrogens is 4. The van der Waals surface area contributed by atoms with Gasteiger partial charge in [0.1, 0.15) is 11.4 Å². The van der Waals surface area contributed by atoms with E-state index in [1.54, 1.807) is 13.1 Å². The number of rotatable bonds is 4. The molecule has 0 bridgehead atoms. The predicted octanol–water partition coefficient (Wildman–Crippen LogP) is 1.47. The minimum absolute atomic E-state index is 0.127. The molecular weight excluding hydrogens is 308 g/mol. The van der Waals surface area contributed by atoms with Crippen molar-refractivity contribution in [2.75, 3.05) is 5.32 Å². The molecular formula is C16H16N6O2. The van der Waals surface area contributed by atoms with Gasteiger partial charge in [-0.05, 0) is 13.0 Å². The monoisotopic (exact) mass is 324 g/mol. The fourth-order valence-corrected chi connectivity index (χ4v) is 2.32. The number of carbonyl (C=O) groups excluding carboxylic acids is 2. The Bertz CT molecular complexity index is 907. The lowest BCUT2D eigenvalue weighted by Gasteiger charge is -2.03. The van der Waals surface area contributed by atoms with E-state index in [-0.39, 0.29) is 17.1 Å². The molecule has 0 unspecified atom stereocenters. The number of hydrogen-bond donors (Lipinski definition) is 3. The number of aromatic amines is 1. The molecule has 122 valence electrons. The zero-order valence-electron chi connectivity index (χ0n) is 13.2. The zero-order valence-corrected chi connectivity index (χ0v) is 13.2. The molecule has 0 aliphatic carbocycles. The second-order valence-electron chi connectivity index (χ2n) is 5.38. The van der Waals surface area contributed by atoms with Crippen molar-refractivity contribution in [1.29, 1.82) is 0 Å². The number of H-pyrrole nitrogens is 1. The molecule has 2 amide bonds. The summed E-state index contributed by atoms with van der Waals surface area (Å²) in [6.07, 6.45) is 1.37. The van der Waals surface area contributed by atoms with Crippen LogP contribution in [0.1, 0.15) is 26.5 Å². The van der Waals surface area contributed by atoms with Crippen LogP contribution in [0.25, 0.3) is 11.3 Å². The van der Waals surface area contributed by atoms with Gasteiger partial charge in [-0.2, -0.15) is 10.2 Å². The van der Waals surface area contributed by atoms with Gasteiger partial charge in [0.2, 0.25) is 0 Å². The second kappa shape index (κ2) is 5.99. The van der Waals surface area contributed by atoms with Crippen molar-refractivity contribution in [1.82, 2.24) is 20.0 Å². The Morgan fingerprint density at radius 2 is 1.96 bits per heavy atom. The second-order valence-corrected chi connectivity index (χ2v) is 5.38. The van der Waals surface area contributed by atoms with Crippen LogP contribution in [0.15, 0.2) is 36.5 Å². The summed E-state index contributed by atoms with van der Waals surface area (Å²) in [6, 6.07) is 9.44. The highest BCUT2D eigenvalue weighted by Gasteiger charge is 2.18. The number of hydrogen-bond acceptors (Lipinski definition) is 4. The van der Waals surface area contributed by atoms with Crippen LogP contribution in [-0.2, 0) is 7.05 Å². The number of nitrogens with one attached hydrogen (secondary N) is 2. The maximum atomic E-state index is 12.3. The third-order valence-corrected chi connectivity index (χ3v) is 3.59. The summed E-state index contributed by atoms with van der Waals surface area (Å²) in [5.74, 6) is -1.10. The topological polar surface area (TPSA) is 119 Å². The molecule has 0 atom stereocenters. The van der Waals surface area contributed by atoms with Crippen molar-refractivity contribution >= 4 is 17.5 Å². The van der Waals surface area contributed by atoms with Crippen molar-refractivity contribution in [2.45, 2.75) is 6.92 Å². The smallest absolute Gasteiger partial charge is 0.273 e. The standard InChI is InChI=1S/C16H16N6O2/c1-9-3-5-10(6-4-9)11-7-12(21-20-11)16(24)19-13-8-18-22(2)14(13)15(17)23/h3-8H,1-2H3,(H2,17,23)(H,19,24)(H,20,21). The molecule has 8 heteroatoms. The Morgan fingerprint density at radius 1 is 1.25 bits per heavy atom. The molecule has 8 nitrogen and oxygen atoms in total.